The van der Waals surface area contributed by atoms with E-state index in [2.05, 4.69) is 10.3 Å². The molecule has 1 aliphatic carbocycles. The molecule has 0 bridgehead atoms. The lowest BCUT2D eigenvalue weighted by molar-refractivity contribution is -0.118. The Kier molecular flexibility index (Phi) is 4.62. The molecule has 5 nitrogen and oxygen atoms in total. The Bertz CT molecular complexity index is 962. The second kappa shape index (κ2) is 7.08. The zero-order valence-corrected chi connectivity index (χ0v) is 15.6. The molecule has 1 saturated carbocycles. The number of carbonyl (C=O) groups is 1. The van der Waals surface area contributed by atoms with Crippen molar-refractivity contribution in [2.45, 2.75) is 24.7 Å². The maximum absolute atomic E-state index is 12.8. The second-order valence-corrected chi connectivity index (χ2v) is 7.14. The minimum Gasteiger partial charge on any atom is -0.497 e. The van der Waals surface area contributed by atoms with Crippen molar-refractivity contribution in [2.24, 2.45) is 0 Å². The third-order valence-electron chi connectivity index (χ3n) is 4.87. The molecule has 0 atom stereocenters. The second-order valence-electron chi connectivity index (χ2n) is 6.70. The highest BCUT2D eigenvalue weighted by Gasteiger charge is 2.51. The van der Waals surface area contributed by atoms with E-state index in [1.54, 1.807) is 13.3 Å². The van der Waals surface area contributed by atoms with Gasteiger partial charge in [0.25, 0.3) is 0 Å². The Morgan fingerprint density at radius 2 is 2.04 bits per heavy atom. The number of carbonyl (C=O) groups excluding carboxylic acids is 1. The van der Waals surface area contributed by atoms with Crippen molar-refractivity contribution in [3.05, 3.63) is 76.6 Å². The van der Waals surface area contributed by atoms with Crippen molar-refractivity contribution in [3.8, 4) is 5.75 Å². The van der Waals surface area contributed by atoms with Crippen LogP contribution in [0.1, 0.15) is 29.7 Å². The van der Waals surface area contributed by atoms with E-state index < -0.39 is 5.41 Å². The molecular weight excluding hydrogens is 364 g/mol. The largest absolute Gasteiger partial charge is 0.497 e. The monoisotopic (exact) mass is 382 g/mol. The van der Waals surface area contributed by atoms with Crippen molar-refractivity contribution in [3.63, 3.8) is 0 Å². The molecule has 27 heavy (non-hydrogen) atoms. The van der Waals surface area contributed by atoms with E-state index >= 15 is 0 Å². The Hall–Kier alpha value is -2.79. The van der Waals surface area contributed by atoms with Gasteiger partial charge in [0.15, 0.2) is 0 Å². The molecular formula is C21H19ClN2O3. The Morgan fingerprint density at radius 1 is 1.26 bits per heavy atom. The topological polar surface area (TPSA) is 64.4 Å². The Labute approximate surface area is 162 Å². The lowest BCUT2D eigenvalue weighted by Crippen LogP contribution is -2.27. The highest BCUT2D eigenvalue weighted by molar-refractivity contribution is 6.30. The smallest absolute Gasteiger partial charge is 0.301 e. The molecule has 1 aliphatic rings. The summed E-state index contributed by atoms with van der Waals surface area (Å²) in [7, 11) is 1.62. The molecule has 2 aromatic carbocycles. The summed E-state index contributed by atoms with van der Waals surface area (Å²) in [4.78, 5) is 17.0. The van der Waals surface area contributed by atoms with Gasteiger partial charge in [0.1, 0.15) is 11.5 Å². The number of anilines is 1. The molecule has 0 radical (unpaired) electrons. The number of halogens is 1. The highest BCUT2D eigenvalue weighted by atomic mass is 35.5. The van der Waals surface area contributed by atoms with Gasteiger partial charge >= 0.3 is 6.01 Å². The van der Waals surface area contributed by atoms with Crippen molar-refractivity contribution < 1.29 is 13.9 Å². The normalized spacial score (nSPS) is 14.6. The van der Waals surface area contributed by atoms with Crippen LogP contribution in [-0.2, 0) is 16.6 Å². The maximum Gasteiger partial charge on any atom is 0.301 e. The summed E-state index contributed by atoms with van der Waals surface area (Å²) in [5.41, 5.74) is 1.49. The minimum atomic E-state index is -0.506. The summed E-state index contributed by atoms with van der Waals surface area (Å²) in [5.74, 6) is 1.35. The molecule has 6 heteroatoms. The van der Waals surface area contributed by atoms with Gasteiger partial charge in [-0.2, -0.15) is 0 Å². The molecule has 0 unspecified atom stereocenters. The number of ether oxygens (including phenoxy) is 1. The summed E-state index contributed by atoms with van der Waals surface area (Å²) >= 11 is 6.01. The molecule has 0 spiro atoms. The van der Waals surface area contributed by atoms with Crippen molar-refractivity contribution in [1.82, 2.24) is 4.98 Å². The fraction of sp³-hybridized carbons (Fsp3) is 0.238. The first kappa shape index (κ1) is 17.6. The van der Waals surface area contributed by atoms with Crippen LogP contribution in [0.3, 0.4) is 0 Å². The quantitative estimate of drug-likeness (QED) is 0.676. The number of aromatic nitrogens is 1. The third kappa shape index (κ3) is 3.69. The van der Waals surface area contributed by atoms with E-state index in [4.69, 9.17) is 20.8 Å². The van der Waals surface area contributed by atoms with E-state index in [1.165, 1.54) is 0 Å². The van der Waals surface area contributed by atoms with Gasteiger partial charge in [0.05, 0.1) is 18.7 Å². The molecule has 1 heterocycles. The predicted octanol–water partition coefficient (Wildman–Crippen LogP) is 4.60. The number of oxazole rings is 1. The summed E-state index contributed by atoms with van der Waals surface area (Å²) in [6, 6.07) is 15.4. The first-order valence-electron chi connectivity index (χ1n) is 8.74. The van der Waals surface area contributed by atoms with Crippen LogP contribution in [0.15, 0.2) is 59.1 Å². The van der Waals surface area contributed by atoms with Crippen LogP contribution in [0, 0.1) is 0 Å². The number of nitrogens with one attached hydrogen (secondary N) is 1. The zero-order valence-electron chi connectivity index (χ0n) is 14.9. The van der Waals surface area contributed by atoms with Crippen LogP contribution < -0.4 is 10.1 Å². The standard InChI is InChI=1S/C21H19ClN2O3/c1-26-17-7-5-15(6-8-17)21(9-10-21)19(25)24-20-23-13-18(27-20)12-14-3-2-4-16(22)11-14/h2-8,11,13H,9-10,12H2,1H3,(H,23,24,25). The number of hydrogen-bond acceptors (Lipinski definition) is 4. The molecule has 0 aliphatic heterocycles. The number of hydrogen-bond donors (Lipinski definition) is 1. The van der Waals surface area contributed by atoms with E-state index in [0.717, 1.165) is 29.7 Å². The summed E-state index contributed by atoms with van der Waals surface area (Å²) in [6.07, 6.45) is 3.80. The lowest BCUT2D eigenvalue weighted by Gasteiger charge is -2.14. The average Bonchev–Trinajstić information content (AvgIpc) is 3.38. The number of benzene rings is 2. The highest BCUT2D eigenvalue weighted by Crippen LogP contribution is 2.49. The lowest BCUT2D eigenvalue weighted by atomic mass is 9.95. The van der Waals surface area contributed by atoms with E-state index in [0.29, 0.717) is 17.2 Å². The zero-order chi connectivity index (χ0) is 18.9. The van der Waals surface area contributed by atoms with Gasteiger partial charge in [-0.15, -0.1) is 0 Å². The van der Waals surface area contributed by atoms with Crippen LogP contribution in [0.4, 0.5) is 6.01 Å². The van der Waals surface area contributed by atoms with Crippen LogP contribution in [0.2, 0.25) is 5.02 Å². The number of rotatable bonds is 6. The Balaban J connectivity index is 1.44. The average molecular weight is 383 g/mol. The predicted molar refractivity (Wildman–Crippen MR) is 103 cm³/mol. The maximum atomic E-state index is 12.8. The third-order valence-corrected chi connectivity index (χ3v) is 5.10. The van der Waals surface area contributed by atoms with E-state index in [9.17, 15) is 4.79 Å². The van der Waals surface area contributed by atoms with Gasteiger partial charge in [0.2, 0.25) is 5.91 Å². The number of methoxy groups -OCH3 is 1. The van der Waals surface area contributed by atoms with Gasteiger partial charge in [-0.05, 0) is 48.2 Å². The van der Waals surface area contributed by atoms with Gasteiger partial charge < -0.3 is 9.15 Å². The van der Waals surface area contributed by atoms with E-state index in [-0.39, 0.29) is 11.9 Å². The summed E-state index contributed by atoms with van der Waals surface area (Å²) in [6.45, 7) is 0. The van der Waals surface area contributed by atoms with Crippen LogP contribution in [0.25, 0.3) is 0 Å². The molecule has 4 rings (SSSR count). The van der Waals surface area contributed by atoms with Gasteiger partial charge in [-0.3, -0.25) is 10.1 Å². The fourth-order valence-electron chi connectivity index (χ4n) is 3.19. The molecule has 0 saturated heterocycles. The molecule has 138 valence electrons. The van der Waals surface area contributed by atoms with Crippen LogP contribution in [-0.4, -0.2) is 18.0 Å². The van der Waals surface area contributed by atoms with Crippen LogP contribution >= 0.6 is 11.6 Å². The number of amides is 1. The molecule has 1 fully saturated rings. The summed E-state index contributed by atoms with van der Waals surface area (Å²) in [5, 5.41) is 3.49. The van der Waals surface area contributed by atoms with Gasteiger partial charge in [-0.25, -0.2) is 4.98 Å². The number of nitrogens with zero attached hydrogens (tertiary/aromatic N) is 1. The fourth-order valence-corrected chi connectivity index (χ4v) is 3.41. The molecule has 1 aromatic heterocycles. The Morgan fingerprint density at radius 3 is 2.70 bits per heavy atom. The first-order chi connectivity index (χ1) is 13.1. The van der Waals surface area contributed by atoms with Crippen molar-refractivity contribution in [1.29, 1.82) is 0 Å². The SMILES string of the molecule is COc1ccc(C2(C(=O)Nc3ncc(Cc4cccc(Cl)c4)o3)CC2)cc1. The van der Waals surface area contributed by atoms with E-state index in [1.807, 2.05) is 48.5 Å². The first-order valence-corrected chi connectivity index (χ1v) is 9.12. The summed E-state index contributed by atoms with van der Waals surface area (Å²) < 4.78 is 10.9. The molecule has 1 N–H and O–H groups in total. The molecule has 3 aromatic rings. The van der Waals surface area contributed by atoms with Crippen molar-refractivity contribution >= 4 is 23.5 Å². The van der Waals surface area contributed by atoms with Gasteiger partial charge in [0, 0.05) is 11.4 Å². The van der Waals surface area contributed by atoms with Gasteiger partial charge in [-0.1, -0.05) is 35.9 Å². The molecule has 1 amide bonds. The van der Waals surface area contributed by atoms with Crippen molar-refractivity contribution in [2.75, 3.05) is 12.4 Å². The van der Waals surface area contributed by atoms with Crippen LogP contribution in [0.5, 0.6) is 5.75 Å². The minimum absolute atomic E-state index is 0.0937.